The highest BCUT2D eigenvalue weighted by molar-refractivity contribution is 7.89. The lowest BCUT2D eigenvalue weighted by Gasteiger charge is -2.38. The second-order valence-electron chi connectivity index (χ2n) is 8.09. The third-order valence-electron chi connectivity index (χ3n) is 6.07. The zero-order chi connectivity index (χ0) is 21.8. The summed E-state index contributed by atoms with van der Waals surface area (Å²) in [6, 6.07) is 10.2. The van der Waals surface area contributed by atoms with E-state index in [0.717, 1.165) is 19.6 Å². The van der Waals surface area contributed by atoms with E-state index >= 15 is 0 Å². The summed E-state index contributed by atoms with van der Waals surface area (Å²) in [4.78, 5) is 21.7. The first kappa shape index (κ1) is 22.2. The summed E-state index contributed by atoms with van der Waals surface area (Å²) in [5.74, 6) is 0.0473. The fourth-order valence-electron chi connectivity index (χ4n) is 4.23. The number of aromatic nitrogens is 1. The van der Waals surface area contributed by atoms with E-state index < -0.39 is 10.0 Å². The van der Waals surface area contributed by atoms with Gasteiger partial charge in [-0.2, -0.15) is 4.31 Å². The predicted molar refractivity (Wildman–Crippen MR) is 119 cm³/mol. The van der Waals surface area contributed by atoms with Gasteiger partial charge in [0.2, 0.25) is 15.9 Å². The molecule has 2 aliphatic rings. The zero-order valence-corrected chi connectivity index (χ0v) is 18.9. The summed E-state index contributed by atoms with van der Waals surface area (Å²) < 4.78 is 27.2. The minimum atomic E-state index is -3.55. The van der Waals surface area contributed by atoms with Gasteiger partial charge < -0.3 is 4.90 Å². The first-order chi connectivity index (χ1) is 14.9. The highest BCUT2D eigenvalue weighted by atomic mass is 35.5. The molecule has 0 aliphatic carbocycles. The van der Waals surface area contributed by atoms with Crippen LogP contribution in [-0.4, -0.2) is 72.7 Å². The lowest BCUT2D eigenvalue weighted by atomic mass is 9.96. The molecule has 4 rings (SSSR count). The molecule has 2 fully saturated rings. The van der Waals surface area contributed by atoms with Gasteiger partial charge in [-0.1, -0.05) is 17.7 Å². The van der Waals surface area contributed by atoms with Gasteiger partial charge in [-0.15, -0.1) is 0 Å². The van der Waals surface area contributed by atoms with Crippen LogP contribution in [-0.2, 0) is 21.4 Å². The molecule has 7 nitrogen and oxygen atoms in total. The predicted octanol–water partition coefficient (Wildman–Crippen LogP) is 2.48. The van der Waals surface area contributed by atoms with Crippen LogP contribution in [0.1, 0.15) is 18.4 Å². The van der Waals surface area contributed by atoms with Crippen molar-refractivity contribution in [3.63, 3.8) is 0 Å². The van der Waals surface area contributed by atoms with Crippen molar-refractivity contribution >= 4 is 27.5 Å². The van der Waals surface area contributed by atoms with Gasteiger partial charge >= 0.3 is 0 Å². The zero-order valence-electron chi connectivity index (χ0n) is 17.4. The van der Waals surface area contributed by atoms with Crippen molar-refractivity contribution in [1.29, 1.82) is 0 Å². The van der Waals surface area contributed by atoms with Crippen LogP contribution >= 0.6 is 11.6 Å². The summed E-state index contributed by atoms with van der Waals surface area (Å²) in [6.45, 7) is 4.67. The van der Waals surface area contributed by atoms with Gasteiger partial charge in [-0.25, -0.2) is 8.42 Å². The Bertz CT molecular complexity index is 985. The van der Waals surface area contributed by atoms with Gasteiger partial charge in [-0.3, -0.25) is 14.7 Å². The molecule has 2 aliphatic heterocycles. The monoisotopic (exact) mass is 462 g/mol. The minimum Gasteiger partial charge on any atom is -0.340 e. The molecule has 0 N–H and O–H groups in total. The molecule has 1 aromatic carbocycles. The molecule has 1 aromatic heterocycles. The molecule has 0 saturated carbocycles. The smallest absolute Gasteiger partial charge is 0.243 e. The van der Waals surface area contributed by atoms with Crippen LogP contribution in [0.25, 0.3) is 0 Å². The average Bonchev–Trinajstić information content (AvgIpc) is 2.80. The molecule has 1 amide bonds. The Morgan fingerprint density at radius 2 is 1.68 bits per heavy atom. The molecule has 0 unspecified atom stereocenters. The molecule has 0 radical (unpaired) electrons. The fourth-order valence-corrected chi connectivity index (χ4v) is 5.83. The third-order valence-corrected chi connectivity index (χ3v) is 8.23. The van der Waals surface area contributed by atoms with Crippen LogP contribution < -0.4 is 0 Å². The van der Waals surface area contributed by atoms with Crippen LogP contribution in [0.4, 0.5) is 0 Å². The summed E-state index contributed by atoms with van der Waals surface area (Å²) in [5.41, 5.74) is 1.18. The van der Waals surface area contributed by atoms with Crippen LogP contribution in [0, 0.1) is 5.92 Å². The van der Waals surface area contributed by atoms with Gasteiger partial charge in [0.1, 0.15) is 0 Å². The van der Waals surface area contributed by atoms with Crippen molar-refractivity contribution in [2.24, 2.45) is 5.92 Å². The first-order valence-electron chi connectivity index (χ1n) is 10.6. The number of nitrogens with zero attached hydrogens (tertiary/aromatic N) is 4. The summed E-state index contributed by atoms with van der Waals surface area (Å²) in [6.07, 6.45) is 4.76. The Labute approximate surface area is 188 Å². The maximum Gasteiger partial charge on any atom is 0.243 e. The number of amides is 1. The van der Waals surface area contributed by atoms with E-state index in [-0.39, 0.29) is 16.7 Å². The van der Waals surface area contributed by atoms with Gasteiger partial charge in [0.15, 0.2) is 0 Å². The molecule has 2 saturated heterocycles. The summed E-state index contributed by atoms with van der Waals surface area (Å²) in [5, 5.41) is 0.504. The number of carbonyl (C=O) groups is 1. The first-order valence-corrected chi connectivity index (χ1v) is 12.4. The second-order valence-corrected chi connectivity index (χ2v) is 10.5. The number of hydrogen-bond donors (Lipinski definition) is 0. The van der Waals surface area contributed by atoms with Gasteiger partial charge in [0.25, 0.3) is 0 Å². The van der Waals surface area contributed by atoms with E-state index in [1.165, 1.54) is 22.0 Å². The Morgan fingerprint density at radius 3 is 2.29 bits per heavy atom. The van der Waals surface area contributed by atoms with E-state index in [1.54, 1.807) is 18.3 Å². The highest BCUT2D eigenvalue weighted by Crippen LogP contribution is 2.26. The van der Waals surface area contributed by atoms with E-state index in [4.69, 9.17) is 11.6 Å². The number of halogens is 1. The number of pyridine rings is 1. The van der Waals surface area contributed by atoms with Crippen molar-refractivity contribution in [2.75, 3.05) is 39.3 Å². The standard InChI is InChI=1S/C22H27ClN4O3S/c23-20-3-5-21(6-4-20)31(29,30)27-10-7-19(8-11-27)22(28)26-14-12-25(13-15-26)17-18-2-1-9-24-16-18/h1-6,9,16,19H,7-8,10-15,17H2. The summed E-state index contributed by atoms with van der Waals surface area (Å²) >= 11 is 5.87. The van der Waals surface area contributed by atoms with Crippen LogP contribution in [0.15, 0.2) is 53.7 Å². The van der Waals surface area contributed by atoms with Crippen molar-refractivity contribution in [3.8, 4) is 0 Å². The number of sulfonamides is 1. The van der Waals surface area contributed by atoms with Gasteiger partial charge in [0, 0.05) is 69.1 Å². The normalized spacial score (nSPS) is 19.5. The van der Waals surface area contributed by atoms with E-state index in [0.29, 0.717) is 44.0 Å². The number of benzene rings is 1. The SMILES string of the molecule is O=C(C1CCN(S(=O)(=O)c2ccc(Cl)cc2)CC1)N1CCN(Cc2cccnc2)CC1. The van der Waals surface area contributed by atoms with Gasteiger partial charge in [-0.05, 0) is 48.7 Å². The van der Waals surface area contributed by atoms with E-state index in [1.807, 2.05) is 17.2 Å². The van der Waals surface area contributed by atoms with Gasteiger partial charge in [0.05, 0.1) is 4.90 Å². The molecule has 31 heavy (non-hydrogen) atoms. The molecule has 2 aromatic rings. The number of piperidine rings is 1. The van der Waals surface area contributed by atoms with Crippen molar-refractivity contribution in [1.82, 2.24) is 19.1 Å². The van der Waals surface area contributed by atoms with E-state index in [9.17, 15) is 13.2 Å². The lowest BCUT2D eigenvalue weighted by Crippen LogP contribution is -2.51. The number of rotatable bonds is 5. The maximum absolute atomic E-state index is 13.0. The Kier molecular flexibility index (Phi) is 6.91. The maximum atomic E-state index is 13.0. The quantitative estimate of drug-likeness (QED) is 0.682. The molecule has 9 heteroatoms. The molecule has 3 heterocycles. The van der Waals surface area contributed by atoms with E-state index in [2.05, 4.69) is 16.0 Å². The van der Waals surface area contributed by atoms with Crippen LogP contribution in [0.2, 0.25) is 5.02 Å². The van der Waals surface area contributed by atoms with Crippen LogP contribution in [0.5, 0.6) is 0 Å². The topological polar surface area (TPSA) is 73.8 Å². The molecule has 0 spiro atoms. The van der Waals surface area contributed by atoms with Crippen molar-refractivity contribution < 1.29 is 13.2 Å². The molecule has 166 valence electrons. The molecule has 0 bridgehead atoms. The molecular formula is C22H27ClN4O3S. The number of piperazine rings is 1. The molecule has 0 atom stereocenters. The Balaban J connectivity index is 1.27. The van der Waals surface area contributed by atoms with Crippen molar-refractivity contribution in [2.45, 2.75) is 24.3 Å². The Hall–Kier alpha value is -2.00. The lowest BCUT2D eigenvalue weighted by molar-refractivity contribution is -0.138. The highest BCUT2D eigenvalue weighted by Gasteiger charge is 2.34. The fraction of sp³-hybridized carbons (Fsp3) is 0.455. The minimum absolute atomic E-state index is 0.110. The molecular weight excluding hydrogens is 436 g/mol. The summed E-state index contributed by atoms with van der Waals surface area (Å²) in [7, 11) is -3.55. The second kappa shape index (κ2) is 9.65. The average molecular weight is 463 g/mol. The Morgan fingerprint density at radius 1 is 1.00 bits per heavy atom. The van der Waals surface area contributed by atoms with Crippen LogP contribution in [0.3, 0.4) is 0 Å². The number of carbonyl (C=O) groups excluding carboxylic acids is 1. The third kappa shape index (κ3) is 5.26. The van der Waals surface area contributed by atoms with Crippen molar-refractivity contribution in [3.05, 3.63) is 59.4 Å². The largest absolute Gasteiger partial charge is 0.340 e. The number of hydrogen-bond acceptors (Lipinski definition) is 5.